The maximum Gasteiger partial charge on any atom is 0.194 e. The van der Waals surface area contributed by atoms with Gasteiger partial charge in [-0.3, -0.25) is 4.99 Å². The molecule has 26 heavy (non-hydrogen) atoms. The lowest BCUT2D eigenvalue weighted by Crippen LogP contribution is -2.60. The van der Waals surface area contributed by atoms with Gasteiger partial charge in [0.25, 0.3) is 0 Å². The summed E-state index contributed by atoms with van der Waals surface area (Å²) >= 11 is 1.69. The van der Waals surface area contributed by atoms with Gasteiger partial charge < -0.3 is 10.2 Å². The van der Waals surface area contributed by atoms with E-state index in [4.69, 9.17) is 0 Å². The molecule has 9 heteroatoms. The van der Waals surface area contributed by atoms with Crippen LogP contribution in [-0.4, -0.2) is 54.9 Å². The van der Waals surface area contributed by atoms with Crippen LogP contribution >= 0.6 is 35.3 Å². The summed E-state index contributed by atoms with van der Waals surface area (Å²) in [5.74, 6) is 1.01. The lowest BCUT2D eigenvalue weighted by molar-refractivity contribution is 0.274. The van der Waals surface area contributed by atoms with Crippen LogP contribution in [0.3, 0.4) is 0 Å². The van der Waals surface area contributed by atoms with Gasteiger partial charge in [0.05, 0.1) is 22.7 Å². The number of nitrogens with one attached hydrogen (secondary N) is 1. The summed E-state index contributed by atoms with van der Waals surface area (Å²) in [7, 11) is -1.26. The third kappa shape index (κ3) is 4.35. The maximum absolute atomic E-state index is 12.7. The Bertz CT molecular complexity index is 735. The number of hydrogen-bond acceptors (Lipinski definition) is 5. The Hall–Kier alpha value is -0.420. The number of nitrogens with zero attached hydrogens (tertiary/aromatic N) is 3. The van der Waals surface area contributed by atoms with E-state index in [0.717, 1.165) is 48.8 Å². The molecular formula is C17H29IN4O2S2. The van der Waals surface area contributed by atoms with Gasteiger partial charge >= 0.3 is 0 Å². The fourth-order valence-electron chi connectivity index (χ4n) is 3.92. The number of aryl methyl sites for hydroxylation is 2. The molecule has 1 spiro atoms. The summed E-state index contributed by atoms with van der Waals surface area (Å²) in [6.45, 7) is 5.80. The minimum absolute atomic E-state index is 0. The summed E-state index contributed by atoms with van der Waals surface area (Å²) in [5, 5.41) is 4.41. The molecule has 0 bridgehead atoms. The number of halogens is 1. The predicted molar refractivity (Wildman–Crippen MR) is 118 cm³/mol. The number of sulfone groups is 1. The van der Waals surface area contributed by atoms with Crippen LogP contribution in [0.5, 0.6) is 0 Å². The number of aromatic nitrogens is 1. The van der Waals surface area contributed by atoms with Gasteiger partial charge in [0, 0.05) is 25.0 Å². The van der Waals surface area contributed by atoms with Crippen LogP contribution in [0, 0.1) is 13.8 Å². The molecular weight excluding hydrogens is 483 g/mol. The second-order valence-electron chi connectivity index (χ2n) is 7.13. The molecule has 0 amide bonds. The first-order valence-electron chi connectivity index (χ1n) is 8.98. The molecule has 6 nitrogen and oxygen atoms in total. The van der Waals surface area contributed by atoms with Gasteiger partial charge in [0.2, 0.25) is 0 Å². The van der Waals surface area contributed by atoms with Gasteiger partial charge in [-0.2, -0.15) is 0 Å². The molecule has 1 aliphatic carbocycles. The van der Waals surface area contributed by atoms with E-state index in [9.17, 15) is 8.42 Å². The Morgan fingerprint density at radius 3 is 2.58 bits per heavy atom. The molecule has 1 saturated carbocycles. The molecule has 1 aromatic rings. The Labute approximate surface area is 177 Å². The van der Waals surface area contributed by atoms with Crippen molar-refractivity contribution in [2.24, 2.45) is 4.99 Å². The monoisotopic (exact) mass is 512 g/mol. The van der Waals surface area contributed by atoms with Crippen molar-refractivity contribution in [3.63, 3.8) is 0 Å². The van der Waals surface area contributed by atoms with Crippen LogP contribution in [0.2, 0.25) is 0 Å². The standard InChI is InChI=1S/C17H28N4O2S2.HI/c1-13-14(2)24-15(20-13)11-19-16(18-3)21-9-10-25(22,23)17(12-21)7-5-4-6-8-17;/h4-12H2,1-3H3,(H,18,19);1H. The molecule has 2 aliphatic rings. The molecule has 0 atom stereocenters. The highest BCUT2D eigenvalue weighted by Crippen LogP contribution is 2.38. The first-order chi connectivity index (χ1) is 11.9. The third-order valence-electron chi connectivity index (χ3n) is 5.52. The predicted octanol–water partition coefficient (Wildman–Crippen LogP) is 2.89. The summed E-state index contributed by atoms with van der Waals surface area (Å²) in [4.78, 5) is 12.3. The fraction of sp³-hybridized carbons (Fsp3) is 0.765. The van der Waals surface area contributed by atoms with Crippen molar-refractivity contribution in [2.45, 2.75) is 57.2 Å². The molecule has 1 aliphatic heterocycles. The first kappa shape index (κ1) is 21.9. The van der Waals surface area contributed by atoms with Gasteiger partial charge in [-0.15, -0.1) is 35.3 Å². The Morgan fingerprint density at radius 1 is 1.31 bits per heavy atom. The van der Waals surface area contributed by atoms with Crippen LogP contribution < -0.4 is 5.32 Å². The van der Waals surface area contributed by atoms with Crippen molar-refractivity contribution in [3.8, 4) is 0 Å². The van der Waals surface area contributed by atoms with Crippen LogP contribution in [0.1, 0.15) is 47.7 Å². The van der Waals surface area contributed by atoms with E-state index < -0.39 is 14.6 Å². The average Bonchev–Trinajstić information content (AvgIpc) is 2.91. The number of rotatable bonds is 2. The zero-order valence-corrected chi connectivity index (χ0v) is 19.7. The van der Waals surface area contributed by atoms with Crippen molar-refractivity contribution in [1.82, 2.24) is 15.2 Å². The highest BCUT2D eigenvalue weighted by Gasteiger charge is 2.48. The van der Waals surface area contributed by atoms with Gasteiger partial charge in [-0.1, -0.05) is 19.3 Å². The number of hydrogen-bond donors (Lipinski definition) is 1. The molecule has 0 unspecified atom stereocenters. The van der Waals surface area contributed by atoms with Crippen LogP contribution in [-0.2, 0) is 16.4 Å². The van der Waals surface area contributed by atoms with Gasteiger partial charge in [0.15, 0.2) is 15.8 Å². The van der Waals surface area contributed by atoms with Crippen LogP contribution in [0.4, 0.5) is 0 Å². The van der Waals surface area contributed by atoms with E-state index in [1.165, 1.54) is 4.88 Å². The van der Waals surface area contributed by atoms with Gasteiger partial charge in [-0.05, 0) is 26.7 Å². The number of aliphatic imine (C=N–C) groups is 1. The van der Waals surface area contributed by atoms with Gasteiger partial charge in [0.1, 0.15) is 5.01 Å². The lowest BCUT2D eigenvalue weighted by Gasteiger charge is -2.45. The Morgan fingerprint density at radius 2 is 2.00 bits per heavy atom. The van der Waals surface area contributed by atoms with Crippen LogP contribution in [0.25, 0.3) is 0 Å². The Kier molecular flexibility index (Phi) is 7.34. The SMILES string of the molecule is CN=C(NCc1nc(C)c(C)s1)N1CCS(=O)(=O)C2(CCCCC2)C1.I. The molecule has 1 aromatic heterocycles. The molecule has 0 radical (unpaired) electrons. The normalized spacial score (nSPS) is 22.1. The summed E-state index contributed by atoms with van der Waals surface area (Å²) < 4.78 is 24.9. The van der Waals surface area contributed by atoms with E-state index in [2.05, 4.69) is 27.1 Å². The Balaban J connectivity index is 0.00000243. The average molecular weight is 512 g/mol. The zero-order valence-electron chi connectivity index (χ0n) is 15.7. The van der Waals surface area contributed by atoms with E-state index in [1.807, 2.05) is 6.92 Å². The highest BCUT2D eigenvalue weighted by atomic mass is 127. The molecule has 3 rings (SSSR count). The minimum Gasteiger partial charge on any atom is -0.350 e. The lowest BCUT2D eigenvalue weighted by atomic mass is 9.87. The highest BCUT2D eigenvalue weighted by molar-refractivity contribution is 14.0. The van der Waals surface area contributed by atoms with Gasteiger partial charge in [-0.25, -0.2) is 13.4 Å². The zero-order chi connectivity index (χ0) is 18.1. The van der Waals surface area contributed by atoms with Crippen molar-refractivity contribution in [1.29, 1.82) is 0 Å². The van der Waals surface area contributed by atoms with E-state index >= 15 is 0 Å². The van der Waals surface area contributed by atoms with Crippen LogP contribution in [0.15, 0.2) is 4.99 Å². The van der Waals surface area contributed by atoms with Crippen molar-refractivity contribution >= 4 is 51.1 Å². The number of thiazole rings is 1. The fourth-order valence-corrected chi connectivity index (χ4v) is 6.95. The second-order valence-corrected chi connectivity index (χ2v) is 10.9. The summed E-state index contributed by atoms with van der Waals surface area (Å²) in [6, 6.07) is 0. The van der Waals surface area contributed by atoms with Crippen molar-refractivity contribution < 1.29 is 8.42 Å². The molecule has 2 heterocycles. The summed E-state index contributed by atoms with van der Waals surface area (Å²) in [6.07, 6.45) is 4.74. The van der Waals surface area contributed by atoms with Crippen molar-refractivity contribution in [2.75, 3.05) is 25.9 Å². The summed E-state index contributed by atoms with van der Waals surface area (Å²) in [5.41, 5.74) is 1.07. The van der Waals surface area contributed by atoms with Crippen molar-refractivity contribution in [3.05, 3.63) is 15.6 Å². The first-order valence-corrected chi connectivity index (χ1v) is 11.4. The number of guanidine groups is 1. The molecule has 0 aromatic carbocycles. The van der Waals surface area contributed by atoms with E-state index in [-0.39, 0.29) is 29.7 Å². The minimum atomic E-state index is -3.02. The van der Waals surface area contributed by atoms with E-state index in [1.54, 1.807) is 18.4 Å². The smallest absolute Gasteiger partial charge is 0.194 e. The third-order valence-corrected chi connectivity index (χ3v) is 9.17. The largest absolute Gasteiger partial charge is 0.350 e. The second kappa shape index (κ2) is 8.72. The molecule has 148 valence electrons. The van der Waals surface area contributed by atoms with E-state index in [0.29, 0.717) is 19.6 Å². The quantitative estimate of drug-likeness (QED) is 0.375. The molecule has 1 saturated heterocycles. The molecule has 2 fully saturated rings. The maximum atomic E-state index is 12.7. The molecule has 1 N–H and O–H groups in total. The topological polar surface area (TPSA) is 74.7 Å².